The molecule has 1 amide bonds. The van der Waals surface area contributed by atoms with Crippen molar-refractivity contribution >= 4 is 23.1 Å². The molecule has 6 heteroatoms. The fourth-order valence-electron chi connectivity index (χ4n) is 0.728. The van der Waals surface area contributed by atoms with Gasteiger partial charge in [-0.3, -0.25) is 9.89 Å². The average molecular weight is 198 g/mol. The second kappa shape index (κ2) is 3.99. The Morgan fingerprint density at radius 3 is 3.00 bits per heavy atom. The molecule has 70 valence electrons. The van der Waals surface area contributed by atoms with E-state index in [4.69, 9.17) is 18.0 Å². The Kier molecular flexibility index (Phi) is 2.97. The lowest BCUT2D eigenvalue weighted by Crippen LogP contribution is -2.41. The molecule has 0 aliphatic rings. The van der Waals surface area contributed by atoms with Crippen LogP contribution < -0.4 is 11.1 Å². The Labute approximate surface area is 80.7 Å². The lowest BCUT2D eigenvalue weighted by Gasteiger charge is -2.10. The number of rotatable bonds is 3. The van der Waals surface area contributed by atoms with Crippen LogP contribution in [0.15, 0.2) is 12.3 Å². The minimum atomic E-state index is -0.314. The van der Waals surface area contributed by atoms with Gasteiger partial charge in [0.1, 0.15) is 5.69 Å². The predicted molar refractivity (Wildman–Crippen MR) is 52.3 cm³/mol. The molecule has 1 atom stereocenters. The number of nitrogens with one attached hydrogen (secondary N) is 2. The number of aromatic amines is 1. The summed E-state index contributed by atoms with van der Waals surface area (Å²) in [6.07, 6.45) is 1.50. The number of hydrogen-bond acceptors (Lipinski definition) is 3. The fraction of sp³-hybridized carbons (Fsp3) is 0.286. The molecule has 1 unspecified atom stereocenters. The van der Waals surface area contributed by atoms with Crippen LogP contribution in [0.2, 0.25) is 0 Å². The molecule has 0 aromatic carbocycles. The third kappa shape index (κ3) is 2.51. The Bertz CT molecular complexity index is 308. The van der Waals surface area contributed by atoms with Gasteiger partial charge in [0.2, 0.25) is 0 Å². The van der Waals surface area contributed by atoms with Gasteiger partial charge in [-0.15, -0.1) is 0 Å². The van der Waals surface area contributed by atoms with Crippen LogP contribution in [0.4, 0.5) is 0 Å². The molecule has 0 saturated heterocycles. The number of carbonyl (C=O) groups is 1. The summed E-state index contributed by atoms with van der Waals surface area (Å²) in [4.78, 5) is 11.6. The number of hydrogen-bond donors (Lipinski definition) is 3. The summed E-state index contributed by atoms with van der Waals surface area (Å²) in [6.45, 7) is 1.72. The second-order valence-corrected chi connectivity index (χ2v) is 3.04. The second-order valence-electron chi connectivity index (χ2n) is 2.57. The van der Waals surface area contributed by atoms with E-state index in [1.54, 1.807) is 13.0 Å². The summed E-state index contributed by atoms with van der Waals surface area (Å²) in [7, 11) is 0. The average Bonchev–Trinajstić information content (AvgIpc) is 2.55. The van der Waals surface area contributed by atoms with E-state index in [9.17, 15) is 4.79 Å². The molecule has 0 spiro atoms. The van der Waals surface area contributed by atoms with Gasteiger partial charge in [0.25, 0.3) is 5.91 Å². The van der Waals surface area contributed by atoms with Crippen molar-refractivity contribution in [1.82, 2.24) is 15.5 Å². The van der Waals surface area contributed by atoms with E-state index < -0.39 is 0 Å². The van der Waals surface area contributed by atoms with Crippen molar-refractivity contribution in [2.75, 3.05) is 0 Å². The standard InChI is InChI=1S/C7H10N4OS/c1-4(6(8)13)10-7(12)5-2-3-9-11-5/h2-4H,1H3,(H2,8,13)(H,9,11)(H,10,12). The molecule has 1 aromatic heterocycles. The summed E-state index contributed by atoms with van der Waals surface area (Å²) >= 11 is 4.70. The lowest BCUT2D eigenvalue weighted by molar-refractivity contribution is 0.0944. The van der Waals surface area contributed by atoms with E-state index in [-0.39, 0.29) is 16.9 Å². The molecule has 4 N–H and O–H groups in total. The zero-order valence-corrected chi connectivity index (χ0v) is 7.89. The van der Waals surface area contributed by atoms with Crippen LogP contribution in [0.1, 0.15) is 17.4 Å². The summed E-state index contributed by atoms with van der Waals surface area (Å²) < 4.78 is 0. The highest BCUT2D eigenvalue weighted by molar-refractivity contribution is 7.80. The van der Waals surface area contributed by atoms with Crippen molar-refractivity contribution in [1.29, 1.82) is 0 Å². The van der Waals surface area contributed by atoms with E-state index in [2.05, 4.69) is 15.5 Å². The summed E-state index contributed by atoms with van der Waals surface area (Å²) in [5.74, 6) is -0.266. The molecule has 0 radical (unpaired) electrons. The van der Waals surface area contributed by atoms with Crippen molar-refractivity contribution in [3.63, 3.8) is 0 Å². The smallest absolute Gasteiger partial charge is 0.269 e. The van der Waals surface area contributed by atoms with E-state index in [1.165, 1.54) is 6.20 Å². The third-order valence-corrected chi connectivity index (χ3v) is 1.87. The first-order valence-electron chi connectivity index (χ1n) is 3.71. The van der Waals surface area contributed by atoms with Crippen LogP contribution in [0, 0.1) is 0 Å². The van der Waals surface area contributed by atoms with Gasteiger partial charge in [0.05, 0.1) is 11.0 Å². The maximum absolute atomic E-state index is 11.3. The zero-order chi connectivity index (χ0) is 9.84. The highest BCUT2D eigenvalue weighted by atomic mass is 32.1. The molecule has 1 aromatic rings. The van der Waals surface area contributed by atoms with Crippen molar-refractivity contribution in [2.24, 2.45) is 5.73 Å². The maximum atomic E-state index is 11.3. The van der Waals surface area contributed by atoms with Crippen LogP contribution in [0.25, 0.3) is 0 Å². The molecule has 5 nitrogen and oxygen atoms in total. The number of nitrogens with zero attached hydrogens (tertiary/aromatic N) is 1. The van der Waals surface area contributed by atoms with Crippen molar-refractivity contribution in [3.05, 3.63) is 18.0 Å². The summed E-state index contributed by atoms with van der Waals surface area (Å²) in [5.41, 5.74) is 5.72. The maximum Gasteiger partial charge on any atom is 0.269 e. The van der Waals surface area contributed by atoms with Crippen LogP contribution in [-0.4, -0.2) is 27.1 Å². The Hall–Kier alpha value is -1.43. The minimum Gasteiger partial charge on any atom is -0.392 e. The van der Waals surface area contributed by atoms with Gasteiger partial charge < -0.3 is 11.1 Å². The monoisotopic (exact) mass is 198 g/mol. The first-order chi connectivity index (χ1) is 6.11. The molecule has 0 fully saturated rings. The molecule has 0 aliphatic heterocycles. The summed E-state index contributed by atoms with van der Waals surface area (Å²) in [5, 5.41) is 8.79. The number of amides is 1. The Morgan fingerprint density at radius 2 is 2.54 bits per heavy atom. The van der Waals surface area contributed by atoms with Crippen molar-refractivity contribution in [2.45, 2.75) is 13.0 Å². The lowest BCUT2D eigenvalue weighted by atomic mass is 10.3. The Balaban J connectivity index is 2.56. The molecule has 13 heavy (non-hydrogen) atoms. The van der Waals surface area contributed by atoms with Gasteiger partial charge in [0.15, 0.2) is 0 Å². The minimum absolute atomic E-state index is 0.257. The van der Waals surface area contributed by atoms with Gasteiger partial charge in [-0.1, -0.05) is 12.2 Å². The number of aromatic nitrogens is 2. The van der Waals surface area contributed by atoms with Crippen LogP contribution in [0.3, 0.4) is 0 Å². The largest absolute Gasteiger partial charge is 0.392 e. The molecular formula is C7H10N4OS. The molecule has 0 aliphatic carbocycles. The van der Waals surface area contributed by atoms with E-state index in [1.807, 2.05) is 0 Å². The van der Waals surface area contributed by atoms with Crippen LogP contribution >= 0.6 is 12.2 Å². The SMILES string of the molecule is CC(NC(=O)c1ccn[nH]1)C(N)=S. The first-order valence-corrected chi connectivity index (χ1v) is 4.11. The number of carbonyl (C=O) groups excluding carboxylic acids is 1. The first kappa shape index (κ1) is 9.66. The van der Waals surface area contributed by atoms with Crippen molar-refractivity contribution < 1.29 is 4.79 Å². The molecule has 1 heterocycles. The number of thiocarbonyl (C=S) groups is 1. The highest BCUT2D eigenvalue weighted by Crippen LogP contribution is 1.92. The topological polar surface area (TPSA) is 83.8 Å². The molecule has 0 bridgehead atoms. The molecule has 1 rings (SSSR count). The number of H-pyrrole nitrogens is 1. The zero-order valence-electron chi connectivity index (χ0n) is 7.07. The predicted octanol–water partition coefficient (Wildman–Crippen LogP) is -0.186. The number of nitrogens with two attached hydrogens (primary N) is 1. The quantitative estimate of drug-likeness (QED) is 0.588. The molecular weight excluding hydrogens is 188 g/mol. The van der Waals surface area contributed by atoms with Gasteiger partial charge in [-0.25, -0.2) is 0 Å². The van der Waals surface area contributed by atoms with Gasteiger partial charge in [-0.05, 0) is 13.0 Å². The third-order valence-electron chi connectivity index (χ3n) is 1.52. The van der Waals surface area contributed by atoms with Crippen LogP contribution in [0.5, 0.6) is 0 Å². The highest BCUT2D eigenvalue weighted by Gasteiger charge is 2.11. The van der Waals surface area contributed by atoms with Gasteiger partial charge >= 0.3 is 0 Å². The van der Waals surface area contributed by atoms with Crippen molar-refractivity contribution in [3.8, 4) is 0 Å². The van der Waals surface area contributed by atoms with E-state index in [0.29, 0.717) is 5.69 Å². The summed E-state index contributed by atoms with van der Waals surface area (Å²) in [6, 6.07) is 1.26. The van der Waals surface area contributed by atoms with Crippen LogP contribution in [-0.2, 0) is 0 Å². The van der Waals surface area contributed by atoms with E-state index in [0.717, 1.165) is 0 Å². The van der Waals surface area contributed by atoms with Gasteiger partial charge in [-0.2, -0.15) is 5.10 Å². The normalized spacial score (nSPS) is 12.1. The van der Waals surface area contributed by atoms with Gasteiger partial charge in [0, 0.05) is 6.20 Å². The molecule has 0 saturated carbocycles. The Morgan fingerprint density at radius 1 is 1.85 bits per heavy atom. The fourth-order valence-corrected chi connectivity index (χ4v) is 0.787. The van der Waals surface area contributed by atoms with E-state index >= 15 is 0 Å².